The van der Waals surface area contributed by atoms with Crippen LogP contribution in [0.5, 0.6) is 0 Å². The Morgan fingerprint density at radius 1 is 0.757 bits per heavy atom. The monoisotopic (exact) mass is 1010 g/mol. The second kappa shape index (κ2) is 25.3. The van der Waals surface area contributed by atoms with Crippen LogP contribution in [0.15, 0.2) is 94.4 Å². The molecule has 0 bridgehead atoms. The maximum absolute atomic E-state index is 13.6. The minimum absolute atomic E-state index is 0.00120. The summed E-state index contributed by atoms with van der Waals surface area (Å²) >= 11 is 0. The van der Waals surface area contributed by atoms with Gasteiger partial charge in [0.15, 0.2) is 5.71 Å². The highest BCUT2D eigenvalue weighted by Gasteiger charge is 2.45. The molecule has 3 aromatic rings. The first-order valence-corrected chi connectivity index (χ1v) is 26.9. The lowest BCUT2D eigenvalue weighted by atomic mass is 9.81. The van der Waals surface area contributed by atoms with Gasteiger partial charge in [-0.1, -0.05) is 44.0 Å². The van der Waals surface area contributed by atoms with Gasteiger partial charge in [0.05, 0.1) is 54.8 Å². The number of sulfonamides is 2. The highest BCUT2D eigenvalue weighted by Crippen LogP contribution is 2.42. The van der Waals surface area contributed by atoms with Crippen LogP contribution >= 0.6 is 0 Å². The molecule has 0 saturated carbocycles. The van der Waals surface area contributed by atoms with Gasteiger partial charge < -0.3 is 28.7 Å². The lowest BCUT2D eigenvalue weighted by Crippen LogP contribution is -2.32. The van der Waals surface area contributed by atoms with Crippen LogP contribution in [0.25, 0.3) is 11.1 Å². The van der Waals surface area contributed by atoms with E-state index in [4.69, 9.17) is 23.8 Å². The third kappa shape index (κ3) is 13.8. The summed E-state index contributed by atoms with van der Waals surface area (Å²) in [5, 5.41) is 0.531. The summed E-state index contributed by atoms with van der Waals surface area (Å²) in [6.07, 6.45) is 10.4. The molecular weight excluding hydrogens is 939 g/mol. The van der Waals surface area contributed by atoms with Gasteiger partial charge >= 0.3 is 5.97 Å². The van der Waals surface area contributed by atoms with Crippen LogP contribution in [0.2, 0.25) is 0 Å². The number of nitrogens with one attached hydrogen (secondary N) is 2. The second-order valence-corrected chi connectivity index (χ2v) is 21.3. The van der Waals surface area contributed by atoms with E-state index < -0.39 is 43.2 Å². The van der Waals surface area contributed by atoms with Crippen molar-refractivity contribution < 1.29 is 59.6 Å². The number of rotatable bonds is 29. The first-order chi connectivity index (χ1) is 33.6. The van der Waals surface area contributed by atoms with Crippen molar-refractivity contribution in [3.8, 4) is 11.1 Å². The molecule has 0 spiro atoms. The number of fused-ring (bicyclic) bond motifs is 2. The van der Waals surface area contributed by atoms with Crippen LogP contribution in [0.3, 0.4) is 0 Å². The molecule has 0 radical (unpaired) electrons. The lowest BCUT2D eigenvalue weighted by molar-refractivity contribution is -0.438. The summed E-state index contributed by atoms with van der Waals surface area (Å²) in [4.78, 5) is 43.1. The topological polar surface area (TPSA) is 199 Å². The molecule has 0 aromatic heterocycles. The Bertz CT molecular complexity index is 2630. The average Bonchev–Trinajstić information content (AvgIpc) is 3.93. The van der Waals surface area contributed by atoms with Crippen LogP contribution in [0.4, 0.5) is 11.4 Å². The van der Waals surface area contributed by atoms with Crippen molar-refractivity contribution in [2.45, 2.75) is 93.8 Å². The van der Waals surface area contributed by atoms with Gasteiger partial charge in [-0.3, -0.25) is 9.59 Å². The molecule has 17 nitrogen and oxygen atoms in total. The Balaban J connectivity index is 1.13. The number of carbonyl (C=O) groups is 3. The summed E-state index contributed by atoms with van der Waals surface area (Å²) in [7, 11) is -4.35. The Morgan fingerprint density at radius 2 is 1.41 bits per heavy atom. The summed E-state index contributed by atoms with van der Waals surface area (Å²) in [6.45, 7) is 10.6. The zero-order valence-electron chi connectivity index (χ0n) is 41.0. The van der Waals surface area contributed by atoms with Crippen LogP contribution in [0, 0.1) is 0 Å². The average molecular weight is 1010 g/mol. The van der Waals surface area contributed by atoms with Crippen molar-refractivity contribution in [2.75, 3.05) is 84.9 Å². The first-order valence-electron chi connectivity index (χ1n) is 24.0. The predicted octanol–water partition coefficient (Wildman–Crippen LogP) is 6.08. The van der Waals surface area contributed by atoms with E-state index in [1.165, 1.54) is 0 Å². The van der Waals surface area contributed by atoms with E-state index in [0.717, 1.165) is 64.4 Å². The SMILES string of the molecule is CCCC[N+]1=C(C=CC=C2Cc3cc(-c4ccc(S(=O)(=O)NCCOCCOC)cc4)ccc3N2CCOCCOC)C(C)(C)c2cc(S(=O)(=O)NCCCCCC(=O)ON3C(=O)CCC3=O)ccc21. The number of hydroxylamine groups is 2. The van der Waals surface area contributed by atoms with Crippen molar-refractivity contribution in [2.24, 2.45) is 0 Å². The van der Waals surface area contributed by atoms with Gasteiger partial charge in [0, 0.05) is 95.0 Å². The Morgan fingerprint density at radius 3 is 2.11 bits per heavy atom. The molecule has 0 aliphatic carbocycles. The van der Waals surface area contributed by atoms with Crippen molar-refractivity contribution in [3.05, 3.63) is 95.7 Å². The predicted molar refractivity (Wildman–Crippen MR) is 266 cm³/mol. The van der Waals surface area contributed by atoms with Crippen LogP contribution in [-0.4, -0.2) is 130 Å². The zero-order valence-corrected chi connectivity index (χ0v) is 42.6. The Labute approximate surface area is 412 Å². The highest BCUT2D eigenvalue weighted by atomic mass is 32.2. The standard InChI is InChI=1S/C51H68N5O12S2/c1-6-7-27-55-46-22-20-43(70(62,63)52-25-10-8-9-14-50(59)68-56-48(57)23-24-49(56)58)37-44(46)51(2,3)47(55)13-11-12-41-36-40-35-39(17-21-45(40)54(41)28-30-67-34-32-65-5)38-15-18-42(19-16-38)69(60,61)53-26-29-66-33-31-64-4/h11-13,15-22,35,37,52-53H,6-10,14,23-34,36H2,1-5H3/q+1. The van der Waals surface area contributed by atoms with E-state index >= 15 is 0 Å². The number of imide groups is 1. The highest BCUT2D eigenvalue weighted by molar-refractivity contribution is 7.89. The van der Waals surface area contributed by atoms with Crippen molar-refractivity contribution in [3.63, 3.8) is 0 Å². The fraction of sp³-hybridized carbons (Fsp3) is 0.490. The molecule has 0 atom stereocenters. The summed E-state index contributed by atoms with van der Waals surface area (Å²) in [5.74, 6) is -1.74. The molecule has 1 saturated heterocycles. The molecule has 2 amide bonds. The molecule has 3 aliphatic rings. The van der Waals surface area contributed by atoms with Crippen LogP contribution in [0.1, 0.15) is 83.3 Å². The van der Waals surface area contributed by atoms with E-state index in [-0.39, 0.29) is 48.7 Å². The second-order valence-electron chi connectivity index (χ2n) is 17.8. The normalized spacial score (nSPS) is 16.3. The van der Waals surface area contributed by atoms with Gasteiger partial charge in [0.2, 0.25) is 25.7 Å². The molecule has 3 heterocycles. The number of unbranched alkanes of at least 4 members (excludes halogenated alkanes) is 3. The number of benzene rings is 3. The summed E-state index contributed by atoms with van der Waals surface area (Å²) in [5.41, 5.74) is 7.53. The molecule has 70 heavy (non-hydrogen) atoms. The van der Waals surface area contributed by atoms with Crippen LogP contribution < -0.4 is 14.3 Å². The Kier molecular flexibility index (Phi) is 19.6. The molecule has 3 aliphatic heterocycles. The number of methoxy groups -OCH3 is 2. The number of allylic oxidation sites excluding steroid dienone is 4. The molecular formula is C51H68N5O12S2+. The molecule has 2 N–H and O–H groups in total. The molecule has 19 heteroatoms. The van der Waals surface area contributed by atoms with Gasteiger partial charge in [-0.2, -0.15) is 4.58 Å². The van der Waals surface area contributed by atoms with Crippen molar-refractivity contribution in [1.29, 1.82) is 0 Å². The van der Waals surface area contributed by atoms with E-state index in [9.17, 15) is 31.2 Å². The summed E-state index contributed by atoms with van der Waals surface area (Å²) in [6, 6.07) is 18.5. The third-order valence-corrected chi connectivity index (χ3v) is 15.4. The minimum atomic E-state index is -3.86. The fourth-order valence-electron chi connectivity index (χ4n) is 8.63. The van der Waals surface area contributed by atoms with Crippen molar-refractivity contribution in [1.82, 2.24) is 14.5 Å². The van der Waals surface area contributed by atoms with Gasteiger partial charge in [-0.15, -0.1) is 5.06 Å². The summed E-state index contributed by atoms with van der Waals surface area (Å²) < 4.78 is 82.2. The molecule has 6 rings (SSSR count). The largest absolute Gasteiger partial charge is 0.382 e. The quantitative estimate of drug-likeness (QED) is 0.0461. The van der Waals surface area contributed by atoms with Crippen LogP contribution in [-0.2, 0) is 70.1 Å². The van der Waals surface area contributed by atoms with Gasteiger partial charge in [0.1, 0.15) is 6.54 Å². The molecule has 0 unspecified atom stereocenters. The smallest absolute Gasteiger partial charge is 0.333 e. The van der Waals surface area contributed by atoms with E-state index in [2.05, 4.69) is 70.1 Å². The fourth-order valence-corrected chi connectivity index (χ4v) is 10.7. The molecule has 1 fully saturated rings. The first kappa shape index (κ1) is 54.2. The maximum atomic E-state index is 13.6. The number of nitrogens with zero attached hydrogens (tertiary/aromatic N) is 3. The van der Waals surface area contributed by atoms with E-state index in [1.54, 1.807) is 38.5 Å². The number of amides is 2. The Hall–Kier alpha value is -5.12. The lowest BCUT2D eigenvalue weighted by Gasteiger charge is -2.21. The molecule has 3 aromatic carbocycles. The number of hydrogen-bond acceptors (Lipinski definition) is 13. The number of anilines is 1. The van der Waals surface area contributed by atoms with E-state index in [0.29, 0.717) is 70.3 Å². The van der Waals surface area contributed by atoms with Gasteiger partial charge in [-0.05, 0) is 85.9 Å². The minimum Gasteiger partial charge on any atom is -0.382 e. The van der Waals surface area contributed by atoms with Gasteiger partial charge in [0.25, 0.3) is 11.8 Å². The number of carbonyl (C=O) groups excluding carboxylic acids is 3. The third-order valence-electron chi connectivity index (χ3n) is 12.4. The van der Waals surface area contributed by atoms with E-state index in [1.807, 2.05) is 24.3 Å². The van der Waals surface area contributed by atoms with Gasteiger partial charge in [-0.25, -0.2) is 31.1 Å². The molecule has 380 valence electrons. The maximum Gasteiger partial charge on any atom is 0.333 e. The van der Waals surface area contributed by atoms with Crippen molar-refractivity contribution >= 4 is 54.9 Å². The number of ether oxygens (including phenoxy) is 4. The zero-order chi connectivity index (χ0) is 50.3. The number of hydrogen-bond donors (Lipinski definition) is 2.